The van der Waals surface area contributed by atoms with Crippen LogP contribution in [0.25, 0.3) is 10.9 Å². The van der Waals surface area contributed by atoms with Crippen molar-refractivity contribution < 1.29 is 9.59 Å². The molecule has 3 aromatic rings. The standard InChI is InChI=1S/C23H26N4O2/c28-22(24-13-12-17-15-25-21-11-5-4-10-20(17)21)18-7-6-14-27(16-18)23(29)26-19-8-2-1-3-9-19/h1-5,8-11,15,18,25H,6-7,12-14,16H2,(H,24,28)(H,26,29)/t18-/m1/s1. The molecule has 1 atom stereocenters. The molecule has 4 rings (SSSR count). The van der Waals surface area contributed by atoms with Gasteiger partial charge in [0.2, 0.25) is 5.91 Å². The average Bonchev–Trinajstić information content (AvgIpc) is 3.18. The van der Waals surface area contributed by atoms with Gasteiger partial charge in [0.15, 0.2) is 0 Å². The van der Waals surface area contributed by atoms with Crippen LogP contribution in [0.3, 0.4) is 0 Å². The first-order chi connectivity index (χ1) is 14.2. The molecule has 0 radical (unpaired) electrons. The number of carbonyl (C=O) groups excluding carboxylic acids is 2. The van der Waals surface area contributed by atoms with Crippen LogP contribution in [0.2, 0.25) is 0 Å². The van der Waals surface area contributed by atoms with E-state index in [4.69, 9.17) is 0 Å². The number of piperidine rings is 1. The molecule has 0 spiro atoms. The molecule has 3 amide bonds. The maximum absolute atomic E-state index is 12.6. The molecule has 6 heteroatoms. The van der Waals surface area contributed by atoms with E-state index in [2.05, 4.69) is 27.8 Å². The van der Waals surface area contributed by atoms with Gasteiger partial charge in [-0.2, -0.15) is 0 Å². The molecule has 0 aliphatic carbocycles. The zero-order valence-electron chi connectivity index (χ0n) is 16.4. The van der Waals surface area contributed by atoms with Gasteiger partial charge >= 0.3 is 6.03 Å². The predicted octanol–water partition coefficient (Wildman–Crippen LogP) is 3.77. The van der Waals surface area contributed by atoms with E-state index in [0.29, 0.717) is 19.6 Å². The lowest BCUT2D eigenvalue weighted by molar-refractivity contribution is -0.126. The number of amides is 3. The second-order valence-corrected chi connectivity index (χ2v) is 7.48. The zero-order chi connectivity index (χ0) is 20.1. The summed E-state index contributed by atoms with van der Waals surface area (Å²) in [7, 11) is 0. The van der Waals surface area contributed by atoms with E-state index in [1.54, 1.807) is 4.90 Å². The van der Waals surface area contributed by atoms with Gasteiger partial charge < -0.3 is 20.5 Å². The summed E-state index contributed by atoms with van der Waals surface area (Å²) in [6, 6.07) is 17.4. The monoisotopic (exact) mass is 390 g/mol. The normalized spacial score (nSPS) is 16.6. The lowest BCUT2D eigenvalue weighted by Gasteiger charge is -2.32. The van der Waals surface area contributed by atoms with Crippen molar-refractivity contribution in [3.05, 3.63) is 66.4 Å². The van der Waals surface area contributed by atoms with Gasteiger partial charge in [-0.25, -0.2) is 4.79 Å². The molecule has 1 aromatic heterocycles. The van der Waals surface area contributed by atoms with Crippen molar-refractivity contribution >= 4 is 28.5 Å². The van der Waals surface area contributed by atoms with E-state index < -0.39 is 0 Å². The zero-order valence-corrected chi connectivity index (χ0v) is 16.4. The first-order valence-electron chi connectivity index (χ1n) is 10.1. The minimum absolute atomic E-state index is 0.0297. The third kappa shape index (κ3) is 4.59. The molecule has 0 bridgehead atoms. The van der Waals surface area contributed by atoms with Gasteiger partial charge in [-0.3, -0.25) is 4.79 Å². The van der Waals surface area contributed by atoms with Crippen molar-refractivity contribution in [3.63, 3.8) is 0 Å². The highest BCUT2D eigenvalue weighted by atomic mass is 16.2. The van der Waals surface area contributed by atoms with Crippen LogP contribution in [0.1, 0.15) is 18.4 Å². The summed E-state index contributed by atoms with van der Waals surface area (Å²) in [6.07, 6.45) is 4.44. The van der Waals surface area contributed by atoms with Crippen LogP contribution in [0, 0.1) is 5.92 Å². The van der Waals surface area contributed by atoms with Crippen LogP contribution in [0.15, 0.2) is 60.8 Å². The summed E-state index contributed by atoms with van der Waals surface area (Å²) in [5.41, 5.74) is 3.08. The molecular weight excluding hydrogens is 364 g/mol. The second-order valence-electron chi connectivity index (χ2n) is 7.48. The van der Waals surface area contributed by atoms with Crippen molar-refractivity contribution in [1.29, 1.82) is 0 Å². The first-order valence-corrected chi connectivity index (χ1v) is 10.1. The van der Waals surface area contributed by atoms with Gasteiger partial charge in [0, 0.05) is 42.4 Å². The Morgan fingerprint density at radius 2 is 1.86 bits per heavy atom. The number of nitrogens with one attached hydrogen (secondary N) is 3. The average molecular weight is 390 g/mol. The number of H-pyrrole nitrogens is 1. The third-order valence-corrected chi connectivity index (χ3v) is 5.47. The largest absolute Gasteiger partial charge is 0.361 e. The summed E-state index contributed by atoms with van der Waals surface area (Å²) < 4.78 is 0. The van der Waals surface area contributed by atoms with Crippen molar-refractivity contribution in [3.8, 4) is 0 Å². The highest BCUT2D eigenvalue weighted by molar-refractivity contribution is 5.90. The molecule has 29 heavy (non-hydrogen) atoms. The number of likely N-dealkylation sites (tertiary alicyclic amines) is 1. The summed E-state index contributed by atoms with van der Waals surface area (Å²) in [5, 5.41) is 7.15. The number of carbonyl (C=O) groups is 2. The number of anilines is 1. The fraction of sp³-hybridized carbons (Fsp3) is 0.304. The maximum atomic E-state index is 12.6. The Morgan fingerprint density at radius 1 is 1.07 bits per heavy atom. The molecule has 0 unspecified atom stereocenters. The highest BCUT2D eigenvalue weighted by Crippen LogP contribution is 2.19. The van der Waals surface area contributed by atoms with Gasteiger partial charge in [-0.05, 0) is 43.0 Å². The molecule has 6 nitrogen and oxygen atoms in total. The number of hydrogen-bond donors (Lipinski definition) is 3. The molecule has 1 aliphatic rings. The van der Waals surface area contributed by atoms with Crippen LogP contribution >= 0.6 is 0 Å². The molecule has 1 saturated heterocycles. The second kappa shape index (κ2) is 8.82. The topological polar surface area (TPSA) is 77.2 Å². The minimum atomic E-state index is -0.159. The van der Waals surface area contributed by atoms with E-state index >= 15 is 0 Å². The molecule has 1 aliphatic heterocycles. The summed E-state index contributed by atoms with van der Waals surface area (Å²) in [4.78, 5) is 30.1. The predicted molar refractivity (Wildman–Crippen MR) is 115 cm³/mol. The van der Waals surface area contributed by atoms with Gasteiger partial charge in [0.1, 0.15) is 0 Å². The third-order valence-electron chi connectivity index (χ3n) is 5.47. The molecule has 150 valence electrons. The Bertz CT molecular complexity index is 983. The molecule has 0 saturated carbocycles. The Hall–Kier alpha value is -3.28. The number of urea groups is 1. The number of benzene rings is 2. The van der Waals surface area contributed by atoms with Gasteiger partial charge in [-0.15, -0.1) is 0 Å². The van der Waals surface area contributed by atoms with Gasteiger partial charge in [0.05, 0.1) is 5.92 Å². The summed E-state index contributed by atoms with van der Waals surface area (Å²) in [5.74, 6) is -0.129. The first kappa shape index (κ1) is 19.1. The Balaban J connectivity index is 1.27. The summed E-state index contributed by atoms with van der Waals surface area (Å²) in [6.45, 7) is 1.72. The number of nitrogens with zero attached hydrogens (tertiary/aromatic N) is 1. The maximum Gasteiger partial charge on any atom is 0.321 e. The number of hydrogen-bond acceptors (Lipinski definition) is 2. The van der Waals surface area contributed by atoms with E-state index in [1.165, 1.54) is 10.9 Å². The fourth-order valence-electron chi connectivity index (χ4n) is 3.90. The van der Waals surface area contributed by atoms with Gasteiger partial charge in [-0.1, -0.05) is 36.4 Å². The Morgan fingerprint density at radius 3 is 2.72 bits per heavy atom. The summed E-state index contributed by atoms with van der Waals surface area (Å²) >= 11 is 0. The lowest BCUT2D eigenvalue weighted by Crippen LogP contribution is -2.47. The van der Waals surface area contributed by atoms with Crippen LogP contribution < -0.4 is 10.6 Å². The molecule has 2 heterocycles. The fourth-order valence-corrected chi connectivity index (χ4v) is 3.90. The van der Waals surface area contributed by atoms with E-state index in [9.17, 15) is 9.59 Å². The number of para-hydroxylation sites is 2. The van der Waals surface area contributed by atoms with Crippen molar-refractivity contribution in [2.45, 2.75) is 19.3 Å². The van der Waals surface area contributed by atoms with Crippen molar-refractivity contribution in [1.82, 2.24) is 15.2 Å². The quantitative estimate of drug-likeness (QED) is 0.620. The minimum Gasteiger partial charge on any atom is -0.361 e. The van der Waals surface area contributed by atoms with Crippen LogP contribution in [-0.2, 0) is 11.2 Å². The number of rotatable bonds is 5. The smallest absolute Gasteiger partial charge is 0.321 e. The van der Waals surface area contributed by atoms with Crippen LogP contribution in [0.5, 0.6) is 0 Å². The molecule has 3 N–H and O–H groups in total. The van der Waals surface area contributed by atoms with E-state index in [0.717, 1.165) is 30.5 Å². The molecule has 2 aromatic carbocycles. The van der Waals surface area contributed by atoms with Crippen molar-refractivity contribution in [2.75, 3.05) is 25.0 Å². The van der Waals surface area contributed by atoms with Crippen LogP contribution in [-0.4, -0.2) is 41.5 Å². The molecular formula is C23H26N4O2. The SMILES string of the molecule is O=C(NCCc1c[nH]c2ccccc12)[C@@H]1CCCN(C(=O)Nc2ccccc2)C1. The molecule has 1 fully saturated rings. The highest BCUT2D eigenvalue weighted by Gasteiger charge is 2.28. The Labute approximate surface area is 170 Å². The lowest BCUT2D eigenvalue weighted by atomic mass is 9.97. The number of aromatic amines is 1. The van der Waals surface area contributed by atoms with Gasteiger partial charge in [0.25, 0.3) is 0 Å². The number of fused-ring (bicyclic) bond motifs is 1. The van der Waals surface area contributed by atoms with Crippen molar-refractivity contribution in [2.24, 2.45) is 5.92 Å². The van der Waals surface area contributed by atoms with Crippen LogP contribution in [0.4, 0.5) is 10.5 Å². The van der Waals surface area contributed by atoms with E-state index in [-0.39, 0.29) is 17.9 Å². The Kier molecular flexibility index (Phi) is 5.79. The number of aromatic nitrogens is 1. The van der Waals surface area contributed by atoms with E-state index in [1.807, 2.05) is 48.7 Å².